The summed E-state index contributed by atoms with van der Waals surface area (Å²) in [5.74, 6) is 0.568. The van der Waals surface area contributed by atoms with E-state index in [0.29, 0.717) is 5.92 Å². The zero-order valence-electron chi connectivity index (χ0n) is 8.07. The van der Waals surface area contributed by atoms with Crippen LogP contribution in [-0.2, 0) is 0 Å². The predicted molar refractivity (Wildman–Crippen MR) is 52.5 cm³/mol. The maximum absolute atomic E-state index is 3.90. The van der Waals surface area contributed by atoms with E-state index >= 15 is 0 Å². The summed E-state index contributed by atoms with van der Waals surface area (Å²) in [4.78, 5) is 0. The van der Waals surface area contributed by atoms with Gasteiger partial charge < -0.3 is 0 Å². The Morgan fingerprint density at radius 1 is 1.09 bits per heavy atom. The smallest absolute Gasteiger partial charge is 0.0247 e. The third-order valence-electron chi connectivity index (χ3n) is 1.42. The Balaban J connectivity index is 4.60. The van der Waals surface area contributed by atoms with Gasteiger partial charge in [0.15, 0.2) is 0 Å². The fourth-order valence-electron chi connectivity index (χ4n) is 0.982. The lowest BCUT2D eigenvalue weighted by molar-refractivity contribution is 0.824. The Labute approximate surface area is 70.3 Å². The van der Waals surface area contributed by atoms with Crippen LogP contribution in [-0.4, -0.2) is 0 Å². The van der Waals surface area contributed by atoms with E-state index in [2.05, 4.69) is 33.1 Å². The van der Waals surface area contributed by atoms with Crippen molar-refractivity contribution in [2.24, 2.45) is 5.92 Å². The molecule has 0 nitrogen and oxygen atoms in total. The topological polar surface area (TPSA) is 0 Å². The number of rotatable bonds is 3. The summed E-state index contributed by atoms with van der Waals surface area (Å²) in [5, 5.41) is 0. The van der Waals surface area contributed by atoms with E-state index in [9.17, 15) is 0 Å². The molecule has 0 aromatic rings. The molecule has 0 aliphatic carbocycles. The third-order valence-corrected chi connectivity index (χ3v) is 1.42. The first-order valence-corrected chi connectivity index (χ1v) is 3.98. The van der Waals surface area contributed by atoms with Gasteiger partial charge in [-0.25, -0.2) is 0 Å². The van der Waals surface area contributed by atoms with Crippen LogP contribution in [0.25, 0.3) is 0 Å². The van der Waals surface area contributed by atoms with Gasteiger partial charge in [-0.1, -0.05) is 44.2 Å². The molecule has 0 aromatic carbocycles. The minimum Gasteiger partial charge on any atom is -0.0955 e. The molecule has 0 saturated heterocycles. The van der Waals surface area contributed by atoms with Gasteiger partial charge in [-0.2, -0.15) is 0 Å². The summed E-state index contributed by atoms with van der Waals surface area (Å²) >= 11 is 0. The van der Waals surface area contributed by atoms with Crippen molar-refractivity contribution in [3.05, 3.63) is 36.0 Å². The van der Waals surface area contributed by atoms with Crippen molar-refractivity contribution in [3.63, 3.8) is 0 Å². The Kier molecular flexibility index (Phi) is 3.88. The second-order valence-electron chi connectivity index (χ2n) is 3.39. The van der Waals surface area contributed by atoms with Crippen LogP contribution < -0.4 is 0 Å². The first kappa shape index (κ1) is 10.2. The summed E-state index contributed by atoms with van der Waals surface area (Å²) in [5.41, 5.74) is 3.41. The SMILES string of the molecule is C=C(C)C(=CC(C)C)C(=C)C. The fraction of sp³-hybridized carbons (Fsp3) is 0.455. The van der Waals surface area contributed by atoms with Crippen LogP contribution in [0.3, 0.4) is 0 Å². The zero-order valence-corrected chi connectivity index (χ0v) is 8.07. The maximum Gasteiger partial charge on any atom is -0.0247 e. The van der Waals surface area contributed by atoms with Crippen molar-refractivity contribution in [3.8, 4) is 0 Å². The van der Waals surface area contributed by atoms with Crippen LogP contribution in [0, 0.1) is 5.92 Å². The molecule has 0 radical (unpaired) electrons. The monoisotopic (exact) mass is 150 g/mol. The van der Waals surface area contributed by atoms with Gasteiger partial charge in [0.05, 0.1) is 0 Å². The molecule has 0 atom stereocenters. The average molecular weight is 150 g/mol. The van der Waals surface area contributed by atoms with Crippen molar-refractivity contribution in [2.45, 2.75) is 27.7 Å². The molecule has 0 aliphatic heterocycles. The predicted octanol–water partition coefficient (Wildman–Crippen LogP) is 3.72. The van der Waals surface area contributed by atoms with Gasteiger partial charge in [-0.05, 0) is 25.3 Å². The zero-order chi connectivity index (χ0) is 9.02. The van der Waals surface area contributed by atoms with Crippen LogP contribution in [0.15, 0.2) is 36.0 Å². The standard InChI is InChI=1S/C11H18/c1-8(2)7-11(9(3)4)10(5)6/h7-8H,3,5H2,1-2,4,6H3. The Hall–Kier alpha value is -0.780. The highest BCUT2D eigenvalue weighted by molar-refractivity contribution is 5.41. The van der Waals surface area contributed by atoms with E-state index in [1.165, 1.54) is 5.57 Å². The molecule has 0 N–H and O–H groups in total. The van der Waals surface area contributed by atoms with Crippen LogP contribution in [0.5, 0.6) is 0 Å². The molecule has 0 rings (SSSR count). The number of hydrogen-bond donors (Lipinski definition) is 0. The van der Waals surface area contributed by atoms with E-state index in [0.717, 1.165) is 11.1 Å². The Bertz CT molecular complexity index is 176. The normalized spacial score (nSPS) is 9.55. The van der Waals surface area contributed by atoms with Crippen molar-refractivity contribution < 1.29 is 0 Å². The van der Waals surface area contributed by atoms with Crippen LogP contribution in [0.2, 0.25) is 0 Å². The van der Waals surface area contributed by atoms with Crippen LogP contribution in [0.1, 0.15) is 27.7 Å². The highest BCUT2D eigenvalue weighted by Crippen LogP contribution is 2.17. The lowest BCUT2D eigenvalue weighted by Crippen LogP contribution is -1.89. The average Bonchev–Trinajstić information content (AvgIpc) is 1.81. The van der Waals surface area contributed by atoms with E-state index in [-0.39, 0.29) is 0 Å². The molecule has 0 heterocycles. The number of hydrogen-bond acceptors (Lipinski definition) is 0. The van der Waals surface area contributed by atoms with Crippen molar-refractivity contribution in [2.75, 3.05) is 0 Å². The van der Waals surface area contributed by atoms with E-state index in [1.807, 2.05) is 13.8 Å². The highest BCUT2D eigenvalue weighted by atomic mass is 14.0. The molecule has 0 spiro atoms. The fourth-order valence-corrected chi connectivity index (χ4v) is 0.982. The second kappa shape index (κ2) is 4.17. The molecule has 0 aliphatic rings. The molecule has 11 heavy (non-hydrogen) atoms. The first-order chi connectivity index (χ1) is 4.95. The van der Waals surface area contributed by atoms with E-state index < -0.39 is 0 Å². The van der Waals surface area contributed by atoms with Gasteiger partial charge in [0, 0.05) is 0 Å². The first-order valence-electron chi connectivity index (χ1n) is 3.98. The van der Waals surface area contributed by atoms with Gasteiger partial charge in [-0.3, -0.25) is 0 Å². The lowest BCUT2D eigenvalue weighted by atomic mass is 9.99. The van der Waals surface area contributed by atoms with Gasteiger partial charge in [-0.15, -0.1) is 0 Å². The maximum atomic E-state index is 3.90. The largest absolute Gasteiger partial charge is 0.0955 e. The third kappa shape index (κ3) is 3.82. The van der Waals surface area contributed by atoms with Crippen LogP contribution in [0.4, 0.5) is 0 Å². The van der Waals surface area contributed by atoms with Crippen molar-refractivity contribution in [1.82, 2.24) is 0 Å². The highest BCUT2D eigenvalue weighted by Gasteiger charge is 1.99. The summed E-state index contributed by atoms with van der Waals surface area (Å²) in [6.45, 7) is 16.2. The molecule has 0 unspecified atom stereocenters. The van der Waals surface area contributed by atoms with Crippen LogP contribution >= 0.6 is 0 Å². The van der Waals surface area contributed by atoms with Gasteiger partial charge in [0.2, 0.25) is 0 Å². The molecule has 0 aromatic heterocycles. The molecule has 62 valence electrons. The Morgan fingerprint density at radius 3 is 1.55 bits per heavy atom. The van der Waals surface area contributed by atoms with Crippen molar-refractivity contribution >= 4 is 0 Å². The molecule has 0 amide bonds. The molecule has 0 fully saturated rings. The summed E-state index contributed by atoms with van der Waals surface area (Å²) < 4.78 is 0. The van der Waals surface area contributed by atoms with Gasteiger partial charge in [0.25, 0.3) is 0 Å². The molecular weight excluding hydrogens is 132 g/mol. The molecule has 0 saturated carbocycles. The lowest BCUT2D eigenvalue weighted by Gasteiger charge is -2.07. The minimum atomic E-state index is 0.568. The quantitative estimate of drug-likeness (QED) is 0.538. The summed E-state index contributed by atoms with van der Waals surface area (Å²) in [6, 6.07) is 0. The van der Waals surface area contributed by atoms with Gasteiger partial charge in [0.1, 0.15) is 0 Å². The van der Waals surface area contributed by atoms with E-state index in [4.69, 9.17) is 0 Å². The van der Waals surface area contributed by atoms with Crippen molar-refractivity contribution in [1.29, 1.82) is 0 Å². The Morgan fingerprint density at radius 2 is 1.45 bits per heavy atom. The van der Waals surface area contributed by atoms with E-state index in [1.54, 1.807) is 0 Å². The molecule has 0 bridgehead atoms. The summed E-state index contributed by atoms with van der Waals surface area (Å²) in [6.07, 6.45) is 2.20. The minimum absolute atomic E-state index is 0.568. The molecule has 0 heteroatoms. The second-order valence-corrected chi connectivity index (χ2v) is 3.39. The number of allylic oxidation sites excluding steroid dienone is 4. The van der Waals surface area contributed by atoms with Gasteiger partial charge >= 0.3 is 0 Å². The molecular formula is C11H18. The summed E-state index contributed by atoms with van der Waals surface area (Å²) in [7, 11) is 0.